The lowest BCUT2D eigenvalue weighted by atomic mass is 9.77. The number of rotatable bonds is 5. The molecule has 3 aliphatic rings. The normalized spacial score (nSPS) is 21.0. The summed E-state index contributed by atoms with van der Waals surface area (Å²) in [6.45, 7) is 4.17. The summed E-state index contributed by atoms with van der Waals surface area (Å²) in [5.74, 6) is 0.986. The Morgan fingerprint density at radius 1 is 1.12 bits per heavy atom. The van der Waals surface area contributed by atoms with Gasteiger partial charge in [0, 0.05) is 42.8 Å². The first-order chi connectivity index (χ1) is 20.1. The van der Waals surface area contributed by atoms with Crippen LogP contribution in [0.5, 0.6) is 0 Å². The number of hydrogen-bond acceptors (Lipinski definition) is 4. The largest absolute Gasteiger partial charge is 0.416 e. The minimum Gasteiger partial charge on any atom is -0.361 e. The molecule has 1 aliphatic carbocycles. The van der Waals surface area contributed by atoms with Crippen molar-refractivity contribution in [2.75, 3.05) is 18.0 Å². The Kier molecular flexibility index (Phi) is 6.45. The summed E-state index contributed by atoms with van der Waals surface area (Å²) in [5, 5.41) is 9.44. The summed E-state index contributed by atoms with van der Waals surface area (Å²) in [5.41, 5.74) is 2.13. The van der Waals surface area contributed by atoms with E-state index in [0.717, 1.165) is 73.9 Å². The van der Waals surface area contributed by atoms with Gasteiger partial charge >= 0.3 is 6.18 Å². The Bertz CT molecular complexity index is 1660. The molecule has 1 saturated carbocycles. The summed E-state index contributed by atoms with van der Waals surface area (Å²) in [6.07, 6.45) is 4.95. The van der Waals surface area contributed by atoms with Gasteiger partial charge in [0.05, 0.1) is 23.2 Å². The van der Waals surface area contributed by atoms with Crippen molar-refractivity contribution in [3.05, 3.63) is 76.5 Å². The Morgan fingerprint density at radius 3 is 2.64 bits per heavy atom. The maximum Gasteiger partial charge on any atom is 0.416 e. The number of aromatic amines is 1. The van der Waals surface area contributed by atoms with E-state index in [0.29, 0.717) is 23.7 Å². The Morgan fingerprint density at radius 2 is 1.93 bits per heavy atom. The molecule has 0 unspecified atom stereocenters. The second kappa shape index (κ2) is 9.97. The number of alkyl halides is 3. The van der Waals surface area contributed by atoms with E-state index < -0.39 is 11.7 Å². The zero-order chi connectivity index (χ0) is 29.2. The molecule has 2 fully saturated rings. The fourth-order valence-corrected chi connectivity index (χ4v) is 7.68. The average molecular weight is 577 g/mol. The molecular formula is C32H35F3N6O. The molecule has 0 spiro atoms. The lowest BCUT2D eigenvalue weighted by molar-refractivity contribution is -0.138. The average Bonchev–Trinajstić information content (AvgIpc) is 3.75. The van der Waals surface area contributed by atoms with Gasteiger partial charge < -0.3 is 14.5 Å². The number of anilines is 1. The van der Waals surface area contributed by atoms with Crippen molar-refractivity contribution in [1.82, 2.24) is 24.6 Å². The standard InChI is InChI=1S/C32H35F3N6O/c1-20-6-5-11-40(16-20)17-21-12-24-25(26(13-21)32(33,34)35)18-41(29(24)42)28-15-22(14-27-23(28)7-10-36-27)31(8-3-4-9-31)30-38-37-19-39(30)2/h7,10,12-15,19-20,36H,3-6,8-9,11,16-18H2,1-2H3/t20-/m0/s1. The highest BCUT2D eigenvalue weighted by atomic mass is 19.4. The van der Waals surface area contributed by atoms with Gasteiger partial charge in [-0.05, 0) is 85.2 Å². The third-order valence-corrected chi connectivity index (χ3v) is 9.64. The topological polar surface area (TPSA) is 70.1 Å². The quantitative estimate of drug-likeness (QED) is 0.292. The van der Waals surface area contributed by atoms with Gasteiger partial charge in [-0.15, -0.1) is 10.2 Å². The number of H-pyrrole nitrogens is 1. The molecular weight excluding hydrogens is 541 g/mol. The Balaban J connectivity index is 1.32. The maximum absolute atomic E-state index is 14.5. The summed E-state index contributed by atoms with van der Waals surface area (Å²) in [6, 6.07) is 8.96. The summed E-state index contributed by atoms with van der Waals surface area (Å²) < 4.78 is 45.4. The molecule has 220 valence electrons. The van der Waals surface area contributed by atoms with Crippen molar-refractivity contribution in [3.8, 4) is 0 Å². The van der Waals surface area contributed by atoms with Crippen LogP contribution in [0.25, 0.3) is 10.9 Å². The number of benzene rings is 2. The summed E-state index contributed by atoms with van der Waals surface area (Å²) in [7, 11) is 1.94. The molecule has 2 aliphatic heterocycles. The number of hydrogen-bond donors (Lipinski definition) is 1. The first-order valence-electron chi connectivity index (χ1n) is 14.9. The van der Waals surface area contributed by atoms with Crippen LogP contribution < -0.4 is 4.90 Å². The number of amides is 1. The fraction of sp³-hybridized carbons (Fsp3) is 0.469. The van der Waals surface area contributed by atoms with Gasteiger partial charge in [-0.1, -0.05) is 19.8 Å². The van der Waals surface area contributed by atoms with Crippen LogP contribution in [0.15, 0.2) is 42.9 Å². The number of halogens is 3. The van der Waals surface area contributed by atoms with E-state index >= 15 is 0 Å². The molecule has 1 saturated heterocycles. The number of carbonyl (C=O) groups is 1. The van der Waals surface area contributed by atoms with E-state index in [1.54, 1.807) is 12.4 Å². The van der Waals surface area contributed by atoms with Crippen LogP contribution in [-0.2, 0) is 31.7 Å². The maximum atomic E-state index is 14.5. The molecule has 1 amide bonds. The van der Waals surface area contributed by atoms with Gasteiger partial charge in [0.2, 0.25) is 0 Å². The van der Waals surface area contributed by atoms with Gasteiger partial charge in [-0.3, -0.25) is 9.69 Å². The van der Waals surface area contributed by atoms with E-state index in [1.165, 1.54) is 11.0 Å². The number of piperidine rings is 1. The zero-order valence-electron chi connectivity index (χ0n) is 24.0. The molecule has 1 atom stereocenters. The zero-order valence-corrected chi connectivity index (χ0v) is 24.0. The number of nitrogens with one attached hydrogen (secondary N) is 1. The number of nitrogens with zero attached hydrogens (tertiary/aromatic N) is 5. The molecule has 7 nitrogen and oxygen atoms in total. The second-order valence-corrected chi connectivity index (χ2v) is 12.5. The molecule has 4 heterocycles. The van der Waals surface area contributed by atoms with Crippen molar-refractivity contribution < 1.29 is 18.0 Å². The van der Waals surface area contributed by atoms with Crippen LogP contribution >= 0.6 is 0 Å². The van der Waals surface area contributed by atoms with Crippen molar-refractivity contribution in [1.29, 1.82) is 0 Å². The van der Waals surface area contributed by atoms with Crippen LogP contribution in [0.2, 0.25) is 0 Å². The van der Waals surface area contributed by atoms with Gasteiger partial charge in [-0.25, -0.2) is 0 Å². The molecule has 42 heavy (non-hydrogen) atoms. The second-order valence-electron chi connectivity index (χ2n) is 12.5. The lowest BCUT2D eigenvalue weighted by Gasteiger charge is -2.31. The van der Waals surface area contributed by atoms with Crippen molar-refractivity contribution >= 4 is 22.5 Å². The van der Waals surface area contributed by atoms with Crippen LogP contribution in [0.1, 0.15) is 83.9 Å². The van der Waals surface area contributed by atoms with Crippen LogP contribution in [-0.4, -0.2) is 43.6 Å². The van der Waals surface area contributed by atoms with Crippen LogP contribution in [0.3, 0.4) is 0 Å². The molecule has 2 aromatic carbocycles. The fourth-order valence-electron chi connectivity index (χ4n) is 7.68. The molecule has 0 bridgehead atoms. The smallest absolute Gasteiger partial charge is 0.361 e. The van der Waals surface area contributed by atoms with Gasteiger partial charge in [0.25, 0.3) is 5.91 Å². The minimum absolute atomic E-state index is 0.0567. The van der Waals surface area contributed by atoms with Crippen molar-refractivity contribution in [3.63, 3.8) is 0 Å². The van der Waals surface area contributed by atoms with E-state index in [9.17, 15) is 18.0 Å². The third kappa shape index (κ3) is 4.42. The van der Waals surface area contributed by atoms with Crippen LogP contribution in [0, 0.1) is 5.92 Å². The summed E-state index contributed by atoms with van der Waals surface area (Å²) >= 11 is 0. The molecule has 7 rings (SSSR count). The lowest BCUT2D eigenvalue weighted by Crippen LogP contribution is -2.33. The van der Waals surface area contributed by atoms with Crippen LogP contribution in [0.4, 0.5) is 18.9 Å². The third-order valence-electron chi connectivity index (χ3n) is 9.64. The molecule has 10 heteroatoms. The number of likely N-dealkylation sites (tertiary alicyclic amines) is 1. The highest BCUT2D eigenvalue weighted by Gasteiger charge is 2.44. The van der Waals surface area contributed by atoms with E-state index in [2.05, 4.69) is 33.1 Å². The SMILES string of the molecule is C[C@H]1CCCN(Cc2cc3c(c(C(F)(F)F)c2)CN(c2cc(C4(c5nncn5C)CCCC4)cc4[nH]ccc24)C3=O)C1. The molecule has 1 N–H and O–H groups in total. The number of fused-ring (bicyclic) bond motifs is 2. The number of aromatic nitrogens is 4. The first kappa shape index (κ1) is 27.2. The van der Waals surface area contributed by atoms with Crippen molar-refractivity contribution in [2.45, 2.75) is 70.1 Å². The number of aryl methyl sites for hydroxylation is 1. The van der Waals surface area contributed by atoms with E-state index in [-0.39, 0.29) is 29.0 Å². The molecule has 0 radical (unpaired) electrons. The summed E-state index contributed by atoms with van der Waals surface area (Å²) in [4.78, 5) is 21.1. The Hall–Kier alpha value is -3.66. The predicted octanol–water partition coefficient (Wildman–Crippen LogP) is 6.57. The highest BCUT2D eigenvalue weighted by molar-refractivity contribution is 6.14. The first-order valence-corrected chi connectivity index (χ1v) is 14.9. The predicted molar refractivity (Wildman–Crippen MR) is 154 cm³/mol. The molecule has 4 aromatic rings. The molecule has 2 aromatic heterocycles. The van der Waals surface area contributed by atoms with E-state index in [1.807, 2.05) is 29.9 Å². The van der Waals surface area contributed by atoms with Gasteiger partial charge in [0.1, 0.15) is 12.2 Å². The Labute approximate surface area is 242 Å². The number of carbonyl (C=O) groups excluding carboxylic acids is 1. The minimum atomic E-state index is -4.56. The monoisotopic (exact) mass is 576 g/mol. The van der Waals surface area contributed by atoms with E-state index in [4.69, 9.17) is 0 Å². The van der Waals surface area contributed by atoms with Crippen molar-refractivity contribution in [2.24, 2.45) is 13.0 Å². The van der Waals surface area contributed by atoms with Gasteiger partial charge in [0.15, 0.2) is 0 Å². The van der Waals surface area contributed by atoms with Gasteiger partial charge in [-0.2, -0.15) is 13.2 Å². The highest BCUT2D eigenvalue weighted by Crippen LogP contribution is 2.48.